The van der Waals surface area contributed by atoms with Crippen LogP contribution in [0, 0.1) is 0 Å². The lowest BCUT2D eigenvalue weighted by atomic mass is 9.94. The normalized spacial score (nSPS) is 14.5. The first kappa shape index (κ1) is 9.34. The van der Waals surface area contributed by atoms with Gasteiger partial charge >= 0.3 is 0 Å². The summed E-state index contributed by atoms with van der Waals surface area (Å²) in [5.74, 6) is -0.893. The van der Waals surface area contributed by atoms with Crippen LogP contribution < -0.4 is 11.5 Å². The van der Waals surface area contributed by atoms with Crippen molar-refractivity contribution in [3.05, 3.63) is 30.1 Å². The Bertz CT molecular complexity index is 325. The zero-order chi connectivity index (χ0) is 9.90. The second kappa shape index (κ2) is 3.32. The van der Waals surface area contributed by atoms with Crippen LogP contribution in [0.4, 0.5) is 0 Å². The lowest BCUT2D eigenvalue weighted by molar-refractivity contribution is -0.128. The maximum atomic E-state index is 10.9. The summed E-state index contributed by atoms with van der Waals surface area (Å²) in [5.41, 5.74) is 8.99. The average Bonchev–Trinajstić information content (AvgIpc) is 2.17. The molecule has 0 saturated heterocycles. The Morgan fingerprint density at radius 3 is 2.69 bits per heavy atom. The molecule has 1 unspecified atom stereocenters. The van der Waals surface area contributed by atoms with E-state index in [1.54, 1.807) is 6.07 Å². The quantitative estimate of drug-likeness (QED) is 0.455. The van der Waals surface area contributed by atoms with Gasteiger partial charge in [0.15, 0.2) is 11.8 Å². The average molecular weight is 179 g/mol. The molecule has 5 heteroatoms. The number of nitrogens with two attached hydrogens (primary N) is 2. The molecule has 1 amide bonds. The largest absolute Gasteiger partial charge is 0.367 e. The molecular weight excluding hydrogens is 170 g/mol. The van der Waals surface area contributed by atoms with Crippen molar-refractivity contribution in [2.24, 2.45) is 11.5 Å². The summed E-state index contributed by atoms with van der Waals surface area (Å²) in [7, 11) is 0. The Labute approximate surface area is 74.7 Å². The maximum Gasteiger partial charge on any atom is 0.249 e. The van der Waals surface area contributed by atoms with E-state index in [-0.39, 0.29) is 5.56 Å². The van der Waals surface area contributed by atoms with Crippen LogP contribution >= 0.6 is 0 Å². The molecule has 1 aromatic rings. The van der Waals surface area contributed by atoms with Gasteiger partial charge in [-0.1, -0.05) is 6.07 Å². The van der Waals surface area contributed by atoms with Crippen molar-refractivity contribution in [3.63, 3.8) is 0 Å². The zero-order valence-corrected chi connectivity index (χ0v) is 6.81. The number of hydrogen-bond acceptors (Lipinski definition) is 4. The molecule has 0 fully saturated rings. The number of carbonyl (C=O) groups excluding carboxylic acids is 2. The van der Waals surface area contributed by atoms with Crippen LogP contribution in [-0.4, -0.2) is 17.2 Å². The summed E-state index contributed by atoms with van der Waals surface area (Å²) >= 11 is 0. The predicted molar refractivity (Wildman–Crippen MR) is 45.4 cm³/mol. The van der Waals surface area contributed by atoms with Crippen molar-refractivity contribution in [3.8, 4) is 0 Å². The molecule has 0 radical (unpaired) electrons. The predicted octanol–water partition coefficient (Wildman–Crippen LogP) is -1.08. The van der Waals surface area contributed by atoms with Gasteiger partial charge in [0.25, 0.3) is 0 Å². The van der Waals surface area contributed by atoms with Crippen LogP contribution in [0.3, 0.4) is 0 Å². The minimum absolute atomic E-state index is 0.289. The molecule has 5 nitrogen and oxygen atoms in total. The molecule has 0 saturated carbocycles. The first-order valence-electron chi connectivity index (χ1n) is 3.57. The van der Waals surface area contributed by atoms with Crippen LogP contribution in [0.2, 0.25) is 0 Å². The molecule has 13 heavy (non-hydrogen) atoms. The smallest absolute Gasteiger partial charge is 0.249 e. The Morgan fingerprint density at radius 2 is 2.31 bits per heavy atom. The van der Waals surface area contributed by atoms with E-state index < -0.39 is 11.4 Å². The second-order valence-electron chi connectivity index (χ2n) is 2.59. The van der Waals surface area contributed by atoms with Gasteiger partial charge in [-0.3, -0.25) is 9.78 Å². The van der Waals surface area contributed by atoms with Gasteiger partial charge < -0.3 is 16.3 Å². The monoisotopic (exact) mass is 179 g/mol. The molecule has 4 N–H and O–H groups in total. The summed E-state index contributed by atoms with van der Waals surface area (Å²) in [6, 6.07) is 3.09. The number of carbonyl (C=O) groups is 2. The molecule has 68 valence electrons. The minimum atomic E-state index is -1.77. The highest BCUT2D eigenvalue weighted by Crippen LogP contribution is 2.13. The Morgan fingerprint density at radius 1 is 1.62 bits per heavy atom. The van der Waals surface area contributed by atoms with Crippen LogP contribution in [0.1, 0.15) is 5.56 Å². The third kappa shape index (κ3) is 1.54. The number of aldehydes is 1. The van der Waals surface area contributed by atoms with Crippen molar-refractivity contribution in [1.29, 1.82) is 0 Å². The number of nitrogens with zero attached hydrogens (tertiary/aromatic N) is 1. The molecule has 1 aromatic heterocycles. The summed E-state index contributed by atoms with van der Waals surface area (Å²) in [4.78, 5) is 25.2. The molecule has 0 aromatic carbocycles. The summed E-state index contributed by atoms with van der Waals surface area (Å²) in [6.07, 6.45) is 3.15. The van der Waals surface area contributed by atoms with E-state index in [0.29, 0.717) is 6.29 Å². The molecule has 0 aliphatic heterocycles. The van der Waals surface area contributed by atoms with Crippen LogP contribution in [0.15, 0.2) is 24.5 Å². The number of primary amides is 1. The highest BCUT2D eigenvalue weighted by Gasteiger charge is 2.33. The van der Waals surface area contributed by atoms with Gasteiger partial charge in [0, 0.05) is 18.0 Å². The third-order valence-electron chi connectivity index (χ3n) is 1.73. The lowest BCUT2D eigenvalue weighted by Crippen LogP contribution is -2.50. The maximum absolute atomic E-state index is 10.9. The first-order valence-corrected chi connectivity index (χ1v) is 3.57. The summed E-state index contributed by atoms with van der Waals surface area (Å²) < 4.78 is 0. The van der Waals surface area contributed by atoms with Crippen molar-refractivity contribution < 1.29 is 9.59 Å². The van der Waals surface area contributed by atoms with E-state index in [4.69, 9.17) is 11.5 Å². The van der Waals surface area contributed by atoms with E-state index in [2.05, 4.69) is 4.98 Å². The van der Waals surface area contributed by atoms with E-state index in [1.165, 1.54) is 18.5 Å². The van der Waals surface area contributed by atoms with Crippen LogP contribution in [-0.2, 0) is 15.1 Å². The summed E-state index contributed by atoms with van der Waals surface area (Å²) in [5, 5.41) is 0. The minimum Gasteiger partial charge on any atom is -0.367 e. The van der Waals surface area contributed by atoms with Crippen LogP contribution in [0.25, 0.3) is 0 Å². The van der Waals surface area contributed by atoms with Crippen molar-refractivity contribution >= 4 is 12.2 Å². The van der Waals surface area contributed by atoms with E-state index in [1.807, 2.05) is 0 Å². The fraction of sp³-hybridized carbons (Fsp3) is 0.125. The molecule has 1 atom stereocenters. The zero-order valence-electron chi connectivity index (χ0n) is 6.81. The lowest BCUT2D eigenvalue weighted by Gasteiger charge is -2.18. The standard InChI is InChI=1S/C8H9N3O2/c9-7(13)8(10,5-12)6-2-1-3-11-4-6/h1-5H,10H2,(H2,9,13). The van der Waals surface area contributed by atoms with Crippen LogP contribution in [0.5, 0.6) is 0 Å². The van der Waals surface area contributed by atoms with E-state index in [0.717, 1.165) is 0 Å². The molecule has 0 aliphatic rings. The Balaban J connectivity index is 3.18. The van der Waals surface area contributed by atoms with Gasteiger partial charge in [-0.15, -0.1) is 0 Å². The van der Waals surface area contributed by atoms with Crippen molar-refractivity contribution in [1.82, 2.24) is 4.98 Å². The Hall–Kier alpha value is -1.75. The molecule has 1 rings (SSSR count). The van der Waals surface area contributed by atoms with Gasteiger partial charge in [0.2, 0.25) is 5.91 Å². The SMILES string of the molecule is NC(=O)C(N)(C=O)c1cccnc1. The molecule has 0 spiro atoms. The number of hydrogen-bond donors (Lipinski definition) is 2. The number of aromatic nitrogens is 1. The third-order valence-corrected chi connectivity index (χ3v) is 1.73. The fourth-order valence-corrected chi connectivity index (χ4v) is 0.876. The highest BCUT2D eigenvalue weighted by atomic mass is 16.2. The number of amides is 1. The van der Waals surface area contributed by atoms with Crippen molar-refractivity contribution in [2.75, 3.05) is 0 Å². The van der Waals surface area contributed by atoms with E-state index in [9.17, 15) is 9.59 Å². The van der Waals surface area contributed by atoms with Crippen molar-refractivity contribution in [2.45, 2.75) is 5.54 Å². The molecule has 1 heterocycles. The fourth-order valence-electron chi connectivity index (χ4n) is 0.876. The molecular formula is C8H9N3O2. The Kier molecular flexibility index (Phi) is 2.39. The van der Waals surface area contributed by atoms with Gasteiger partial charge in [-0.2, -0.15) is 0 Å². The topological polar surface area (TPSA) is 99.1 Å². The number of pyridine rings is 1. The number of rotatable bonds is 3. The molecule has 0 bridgehead atoms. The van der Waals surface area contributed by atoms with Gasteiger partial charge in [-0.05, 0) is 6.07 Å². The van der Waals surface area contributed by atoms with Gasteiger partial charge in [0.05, 0.1) is 0 Å². The highest BCUT2D eigenvalue weighted by molar-refractivity contribution is 6.01. The first-order chi connectivity index (χ1) is 6.11. The van der Waals surface area contributed by atoms with E-state index >= 15 is 0 Å². The second-order valence-corrected chi connectivity index (χ2v) is 2.59. The molecule has 0 aliphatic carbocycles. The van der Waals surface area contributed by atoms with Gasteiger partial charge in [-0.25, -0.2) is 0 Å². The van der Waals surface area contributed by atoms with Gasteiger partial charge in [0.1, 0.15) is 0 Å². The summed E-state index contributed by atoms with van der Waals surface area (Å²) in [6.45, 7) is 0.